The third-order valence-electron chi connectivity index (χ3n) is 5.36. The highest BCUT2D eigenvalue weighted by Gasteiger charge is 2.40. The molecular formula is C23H22FN7O5. The maximum absolute atomic E-state index is 13.5. The van der Waals surface area contributed by atoms with Gasteiger partial charge in [0, 0.05) is 11.8 Å². The maximum Gasteiger partial charge on any atom is 0.322 e. The predicted octanol–water partition coefficient (Wildman–Crippen LogP) is 1.86. The molecule has 1 fully saturated rings. The van der Waals surface area contributed by atoms with Crippen LogP contribution in [0, 0.1) is 22.6 Å². The van der Waals surface area contributed by atoms with Crippen molar-refractivity contribution in [2.45, 2.75) is 13.2 Å². The van der Waals surface area contributed by atoms with Gasteiger partial charge >= 0.3 is 5.97 Å². The molecule has 1 aromatic carbocycles. The third-order valence-corrected chi connectivity index (χ3v) is 5.36. The fourth-order valence-electron chi connectivity index (χ4n) is 3.47. The van der Waals surface area contributed by atoms with Crippen molar-refractivity contribution in [3.63, 3.8) is 0 Å². The van der Waals surface area contributed by atoms with E-state index < -0.39 is 23.5 Å². The molecule has 0 aliphatic carbocycles. The summed E-state index contributed by atoms with van der Waals surface area (Å²) in [5, 5.41) is 22.7. The van der Waals surface area contributed by atoms with Gasteiger partial charge in [0.05, 0.1) is 41.8 Å². The molecule has 0 atom stereocenters. The number of nitriles is 1. The van der Waals surface area contributed by atoms with Crippen LogP contribution in [0.4, 0.5) is 10.3 Å². The Bertz CT molecular complexity index is 1300. The Labute approximate surface area is 204 Å². The number of carboxylic acid groups (broad SMARTS) is 1. The van der Waals surface area contributed by atoms with Gasteiger partial charge in [0.25, 0.3) is 0 Å². The average molecular weight is 495 g/mol. The van der Waals surface area contributed by atoms with Gasteiger partial charge in [0.1, 0.15) is 18.9 Å². The number of nitrogens with zero attached hydrogens (tertiary/aromatic N) is 4. The number of aromatic amines is 1. The number of anilines is 1. The second-order valence-electron chi connectivity index (χ2n) is 8.22. The van der Waals surface area contributed by atoms with Crippen molar-refractivity contribution < 1.29 is 28.6 Å². The molecule has 1 amide bonds. The quantitative estimate of drug-likeness (QED) is 0.338. The Morgan fingerprint density at radius 2 is 1.97 bits per heavy atom. The molecule has 4 N–H and O–H groups in total. The molecule has 0 radical (unpaired) electrons. The standard InChI is InChI=1S/C23H22FN7O5/c1-23(21(34)26-9-7-25)11-35-20(36-12-23)19-30-17(13-2-4-14(24)5-3-13)18(31-19)15-6-8-27-22(29-15)28-10-16(32)33/h2-6,8,20H,9-12H2,1H3,(H,26,34)(H,30,31)(H,32,33)(H,27,28,29). The maximum atomic E-state index is 13.5. The molecule has 1 saturated heterocycles. The summed E-state index contributed by atoms with van der Waals surface area (Å²) < 4.78 is 25.1. The Balaban J connectivity index is 1.63. The minimum Gasteiger partial charge on any atom is -0.480 e. The monoisotopic (exact) mass is 495 g/mol. The highest BCUT2D eigenvalue weighted by Crippen LogP contribution is 2.35. The van der Waals surface area contributed by atoms with Gasteiger partial charge < -0.3 is 30.2 Å². The summed E-state index contributed by atoms with van der Waals surface area (Å²) in [7, 11) is 0. The molecule has 4 rings (SSSR count). The normalized spacial score (nSPS) is 19.3. The lowest BCUT2D eigenvalue weighted by Crippen LogP contribution is -2.48. The van der Waals surface area contributed by atoms with Crippen LogP contribution in [0.5, 0.6) is 0 Å². The van der Waals surface area contributed by atoms with Crippen LogP contribution in [0.2, 0.25) is 0 Å². The van der Waals surface area contributed by atoms with E-state index in [1.165, 1.54) is 18.3 Å². The van der Waals surface area contributed by atoms with E-state index in [1.807, 2.05) is 6.07 Å². The molecule has 1 aliphatic heterocycles. The van der Waals surface area contributed by atoms with Crippen molar-refractivity contribution in [2.24, 2.45) is 5.41 Å². The number of imidazole rings is 1. The molecule has 2 aromatic heterocycles. The summed E-state index contributed by atoms with van der Waals surface area (Å²) in [6, 6.07) is 9.17. The van der Waals surface area contributed by atoms with Crippen LogP contribution >= 0.6 is 0 Å². The van der Waals surface area contributed by atoms with Crippen LogP contribution in [-0.2, 0) is 19.1 Å². The lowest BCUT2D eigenvalue weighted by molar-refractivity contribution is -0.230. The lowest BCUT2D eigenvalue weighted by atomic mass is 9.91. The third kappa shape index (κ3) is 5.45. The van der Waals surface area contributed by atoms with Crippen molar-refractivity contribution in [3.8, 4) is 28.7 Å². The Morgan fingerprint density at radius 1 is 1.25 bits per heavy atom. The van der Waals surface area contributed by atoms with Crippen molar-refractivity contribution in [1.82, 2.24) is 25.3 Å². The van der Waals surface area contributed by atoms with Crippen molar-refractivity contribution >= 4 is 17.8 Å². The number of halogens is 1. The molecule has 13 heteroatoms. The second kappa shape index (κ2) is 10.5. The predicted molar refractivity (Wildman–Crippen MR) is 123 cm³/mol. The van der Waals surface area contributed by atoms with Crippen molar-refractivity contribution in [3.05, 3.63) is 48.2 Å². The molecule has 0 saturated carbocycles. The van der Waals surface area contributed by atoms with Crippen LogP contribution in [-0.4, -0.2) is 63.2 Å². The van der Waals surface area contributed by atoms with Crippen LogP contribution < -0.4 is 10.6 Å². The van der Waals surface area contributed by atoms with Gasteiger partial charge in [-0.1, -0.05) is 0 Å². The van der Waals surface area contributed by atoms with E-state index >= 15 is 0 Å². The number of aromatic nitrogens is 4. The number of amides is 1. The molecule has 186 valence electrons. The van der Waals surface area contributed by atoms with Crippen LogP contribution in [0.25, 0.3) is 22.6 Å². The zero-order chi connectivity index (χ0) is 25.7. The lowest BCUT2D eigenvalue weighted by Gasteiger charge is -2.35. The molecule has 0 unspecified atom stereocenters. The number of carbonyl (C=O) groups is 2. The summed E-state index contributed by atoms with van der Waals surface area (Å²) in [6.45, 7) is 1.22. The minimum absolute atomic E-state index is 0.0214. The second-order valence-corrected chi connectivity index (χ2v) is 8.22. The number of benzene rings is 1. The fourth-order valence-corrected chi connectivity index (χ4v) is 3.47. The summed E-state index contributed by atoms with van der Waals surface area (Å²) in [6.07, 6.45) is 0.529. The minimum atomic E-state index is -1.07. The van der Waals surface area contributed by atoms with E-state index in [9.17, 15) is 14.0 Å². The van der Waals surface area contributed by atoms with Crippen LogP contribution in [0.15, 0.2) is 36.5 Å². The SMILES string of the molecule is CC1(C(=O)NCC#N)COC(c2nc(-c3ccc(F)cc3)c(-c3ccnc(NCC(=O)O)n3)[nH]2)OC1. The summed E-state index contributed by atoms with van der Waals surface area (Å²) in [5.41, 5.74) is 0.876. The van der Waals surface area contributed by atoms with Gasteiger partial charge in [-0.15, -0.1) is 0 Å². The van der Waals surface area contributed by atoms with Crippen molar-refractivity contribution in [1.29, 1.82) is 5.26 Å². The number of hydrogen-bond acceptors (Lipinski definition) is 9. The molecule has 3 heterocycles. The van der Waals surface area contributed by atoms with Gasteiger partial charge in [-0.05, 0) is 37.3 Å². The number of H-pyrrole nitrogens is 1. The van der Waals surface area contributed by atoms with Gasteiger partial charge in [0.2, 0.25) is 18.1 Å². The first-order chi connectivity index (χ1) is 17.3. The number of nitrogens with one attached hydrogen (secondary N) is 3. The first kappa shape index (κ1) is 24.7. The van der Waals surface area contributed by atoms with E-state index in [0.29, 0.717) is 28.5 Å². The van der Waals surface area contributed by atoms with E-state index in [0.717, 1.165) is 0 Å². The molecule has 3 aromatic rings. The number of ether oxygens (including phenoxy) is 2. The Hall–Kier alpha value is -4.41. The highest BCUT2D eigenvalue weighted by molar-refractivity contribution is 5.83. The molecule has 0 bridgehead atoms. The van der Waals surface area contributed by atoms with E-state index in [-0.39, 0.29) is 38.2 Å². The van der Waals surface area contributed by atoms with E-state index in [4.69, 9.17) is 19.8 Å². The first-order valence-corrected chi connectivity index (χ1v) is 10.8. The zero-order valence-electron chi connectivity index (χ0n) is 19.1. The fraction of sp³-hybridized carbons (Fsp3) is 0.304. The number of carbonyl (C=O) groups excluding carboxylic acids is 1. The Kier molecular flexibility index (Phi) is 7.18. The highest BCUT2D eigenvalue weighted by atomic mass is 19.1. The molecule has 1 aliphatic rings. The molecular weight excluding hydrogens is 473 g/mol. The smallest absolute Gasteiger partial charge is 0.322 e. The molecule has 12 nitrogen and oxygen atoms in total. The summed E-state index contributed by atoms with van der Waals surface area (Å²) in [5.74, 6) is -1.45. The van der Waals surface area contributed by atoms with Crippen LogP contribution in [0.3, 0.4) is 0 Å². The van der Waals surface area contributed by atoms with Crippen molar-refractivity contribution in [2.75, 3.05) is 31.6 Å². The number of rotatable bonds is 8. The topological polar surface area (TPSA) is 175 Å². The first-order valence-electron chi connectivity index (χ1n) is 10.8. The van der Waals surface area contributed by atoms with E-state index in [1.54, 1.807) is 25.1 Å². The molecule has 0 spiro atoms. The van der Waals surface area contributed by atoms with Gasteiger partial charge in [-0.2, -0.15) is 5.26 Å². The number of hydrogen-bond donors (Lipinski definition) is 4. The zero-order valence-corrected chi connectivity index (χ0v) is 19.1. The summed E-state index contributed by atoms with van der Waals surface area (Å²) in [4.78, 5) is 39.4. The summed E-state index contributed by atoms with van der Waals surface area (Å²) >= 11 is 0. The Morgan fingerprint density at radius 3 is 2.64 bits per heavy atom. The van der Waals surface area contributed by atoms with Gasteiger partial charge in [-0.3, -0.25) is 9.59 Å². The molecule has 36 heavy (non-hydrogen) atoms. The van der Waals surface area contributed by atoms with Gasteiger partial charge in [0.15, 0.2) is 5.82 Å². The largest absolute Gasteiger partial charge is 0.480 e. The van der Waals surface area contributed by atoms with Gasteiger partial charge in [-0.25, -0.2) is 19.3 Å². The number of aliphatic carboxylic acids is 1. The number of carboxylic acids is 1. The van der Waals surface area contributed by atoms with Crippen LogP contribution in [0.1, 0.15) is 19.0 Å². The average Bonchev–Trinajstić information content (AvgIpc) is 3.32. The van der Waals surface area contributed by atoms with E-state index in [2.05, 4.69) is 30.6 Å².